The monoisotopic (exact) mass is 270 g/mol. The highest BCUT2D eigenvalue weighted by molar-refractivity contribution is 5.87. The van der Waals surface area contributed by atoms with Crippen molar-refractivity contribution in [2.45, 2.75) is 58.4 Å². The molecule has 110 valence electrons. The third-order valence-electron chi connectivity index (χ3n) is 4.15. The number of aliphatic carboxylic acids is 1. The molecule has 0 aromatic heterocycles. The Labute approximate surface area is 114 Å². The van der Waals surface area contributed by atoms with E-state index in [2.05, 4.69) is 5.32 Å². The summed E-state index contributed by atoms with van der Waals surface area (Å²) in [5.74, 6) is -1.30. The largest absolute Gasteiger partial charge is 0.480 e. The van der Waals surface area contributed by atoms with Crippen LogP contribution in [-0.2, 0) is 9.59 Å². The Bertz CT molecular complexity index is 321. The molecule has 4 N–H and O–H groups in total. The molecule has 5 heteroatoms. The quantitative estimate of drug-likeness (QED) is 0.660. The molecular formula is C14H26N2O3. The zero-order chi connectivity index (χ0) is 14.5. The minimum absolute atomic E-state index is 0.137. The van der Waals surface area contributed by atoms with Gasteiger partial charge in [-0.15, -0.1) is 0 Å². The molecule has 0 aromatic carbocycles. The number of hydrogen-bond donors (Lipinski definition) is 3. The van der Waals surface area contributed by atoms with E-state index in [9.17, 15) is 9.59 Å². The molecule has 0 radical (unpaired) electrons. The van der Waals surface area contributed by atoms with Crippen molar-refractivity contribution in [3.63, 3.8) is 0 Å². The molecule has 0 bridgehead atoms. The summed E-state index contributed by atoms with van der Waals surface area (Å²) in [5, 5.41) is 11.8. The lowest BCUT2D eigenvalue weighted by molar-refractivity contribution is -0.145. The van der Waals surface area contributed by atoms with Crippen LogP contribution in [0.1, 0.15) is 52.4 Å². The second-order valence-electron chi connectivity index (χ2n) is 5.93. The van der Waals surface area contributed by atoms with Crippen molar-refractivity contribution in [3.8, 4) is 0 Å². The van der Waals surface area contributed by atoms with E-state index in [0.29, 0.717) is 6.54 Å². The van der Waals surface area contributed by atoms with Crippen molar-refractivity contribution < 1.29 is 14.7 Å². The Morgan fingerprint density at radius 3 is 2.11 bits per heavy atom. The van der Waals surface area contributed by atoms with E-state index in [0.717, 1.165) is 38.5 Å². The van der Waals surface area contributed by atoms with Gasteiger partial charge < -0.3 is 16.2 Å². The predicted molar refractivity (Wildman–Crippen MR) is 73.6 cm³/mol. The lowest BCUT2D eigenvalue weighted by Gasteiger charge is -2.32. The first-order chi connectivity index (χ1) is 8.93. The Morgan fingerprint density at radius 1 is 1.21 bits per heavy atom. The molecule has 1 aliphatic carbocycles. The average Bonchev–Trinajstić information content (AvgIpc) is 2.61. The van der Waals surface area contributed by atoms with Gasteiger partial charge in [0.15, 0.2) is 0 Å². The Morgan fingerprint density at radius 2 is 1.74 bits per heavy atom. The minimum Gasteiger partial charge on any atom is -0.480 e. The Balaban J connectivity index is 2.79. The van der Waals surface area contributed by atoms with Gasteiger partial charge in [-0.1, -0.05) is 39.5 Å². The van der Waals surface area contributed by atoms with Crippen molar-refractivity contribution in [3.05, 3.63) is 0 Å². The summed E-state index contributed by atoms with van der Waals surface area (Å²) in [6, 6.07) is -0.834. The van der Waals surface area contributed by atoms with Crippen molar-refractivity contribution >= 4 is 11.9 Å². The Hall–Kier alpha value is -1.10. The SMILES string of the molecule is CC(C)C(NC(=O)C1(CN)CCCCCC1)C(=O)O. The maximum Gasteiger partial charge on any atom is 0.326 e. The van der Waals surface area contributed by atoms with Gasteiger partial charge in [0.25, 0.3) is 0 Å². The lowest BCUT2D eigenvalue weighted by Crippen LogP contribution is -2.53. The normalized spacial score (nSPS) is 20.6. The summed E-state index contributed by atoms with van der Waals surface area (Å²) in [7, 11) is 0. The third kappa shape index (κ3) is 3.93. The van der Waals surface area contributed by atoms with Crippen molar-refractivity contribution in [1.82, 2.24) is 5.32 Å². The van der Waals surface area contributed by atoms with E-state index < -0.39 is 17.4 Å². The standard InChI is InChI=1S/C14H26N2O3/c1-10(2)11(12(17)18)16-13(19)14(9-15)7-5-3-4-6-8-14/h10-11H,3-9,15H2,1-2H3,(H,16,19)(H,17,18). The number of hydrogen-bond acceptors (Lipinski definition) is 3. The van der Waals surface area contributed by atoms with Crippen LogP contribution in [-0.4, -0.2) is 29.6 Å². The van der Waals surface area contributed by atoms with E-state index in [-0.39, 0.29) is 11.8 Å². The molecule has 1 rings (SSSR count). The molecule has 1 amide bonds. The van der Waals surface area contributed by atoms with Crippen LogP contribution < -0.4 is 11.1 Å². The van der Waals surface area contributed by atoms with E-state index in [1.54, 1.807) is 13.8 Å². The van der Waals surface area contributed by atoms with Crippen LogP contribution >= 0.6 is 0 Å². The molecule has 0 aliphatic heterocycles. The predicted octanol–water partition coefficient (Wildman–Crippen LogP) is 1.51. The fourth-order valence-corrected chi connectivity index (χ4v) is 2.74. The van der Waals surface area contributed by atoms with E-state index in [4.69, 9.17) is 10.8 Å². The highest BCUT2D eigenvalue weighted by Gasteiger charge is 2.39. The molecule has 0 heterocycles. The molecule has 19 heavy (non-hydrogen) atoms. The number of carboxylic acids is 1. The summed E-state index contributed by atoms with van der Waals surface area (Å²) < 4.78 is 0. The average molecular weight is 270 g/mol. The van der Waals surface area contributed by atoms with Gasteiger partial charge in [-0.25, -0.2) is 4.79 Å². The van der Waals surface area contributed by atoms with Gasteiger partial charge in [-0.05, 0) is 18.8 Å². The lowest BCUT2D eigenvalue weighted by atomic mass is 9.79. The first-order valence-electron chi connectivity index (χ1n) is 7.17. The van der Waals surface area contributed by atoms with Gasteiger partial charge >= 0.3 is 5.97 Å². The second kappa shape index (κ2) is 6.89. The summed E-state index contributed by atoms with van der Waals surface area (Å²) >= 11 is 0. The molecule has 0 saturated heterocycles. The van der Waals surface area contributed by atoms with Gasteiger partial charge in [-0.2, -0.15) is 0 Å². The highest BCUT2D eigenvalue weighted by atomic mass is 16.4. The summed E-state index contributed by atoms with van der Waals surface area (Å²) in [4.78, 5) is 23.6. The summed E-state index contributed by atoms with van der Waals surface area (Å²) in [6.45, 7) is 3.88. The molecule has 1 atom stereocenters. The summed E-state index contributed by atoms with van der Waals surface area (Å²) in [6.07, 6.45) is 5.76. The van der Waals surface area contributed by atoms with Crippen molar-refractivity contribution in [1.29, 1.82) is 0 Å². The first-order valence-corrected chi connectivity index (χ1v) is 7.17. The topological polar surface area (TPSA) is 92.4 Å². The molecule has 0 spiro atoms. The van der Waals surface area contributed by atoms with Crippen molar-refractivity contribution in [2.75, 3.05) is 6.54 Å². The molecular weight excluding hydrogens is 244 g/mol. The van der Waals surface area contributed by atoms with Crippen LogP contribution in [0.25, 0.3) is 0 Å². The molecule has 1 unspecified atom stereocenters. The minimum atomic E-state index is -0.982. The fourth-order valence-electron chi connectivity index (χ4n) is 2.74. The highest BCUT2D eigenvalue weighted by Crippen LogP contribution is 2.34. The second-order valence-corrected chi connectivity index (χ2v) is 5.93. The number of rotatable bonds is 5. The van der Waals surface area contributed by atoms with E-state index >= 15 is 0 Å². The number of nitrogens with two attached hydrogens (primary N) is 1. The van der Waals surface area contributed by atoms with Gasteiger partial charge in [0.05, 0.1) is 5.41 Å². The van der Waals surface area contributed by atoms with Crippen LogP contribution in [0.3, 0.4) is 0 Å². The van der Waals surface area contributed by atoms with Crippen LogP contribution in [0.2, 0.25) is 0 Å². The first kappa shape index (κ1) is 16.0. The van der Waals surface area contributed by atoms with Gasteiger partial charge in [0.2, 0.25) is 5.91 Å². The van der Waals surface area contributed by atoms with Gasteiger partial charge in [0, 0.05) is 6.54 Å². The smallest absolute Gasteiger partial charge is 0.326 e. The number of carbonyl (C=O) groups excluding carboxylic acids is 1. The Kier molecular flexibility index (Phi) is 5.79. The van der Waals surface area contributed by atoms with Crippen LogP contribution in [0.4, 0.5) is 0 Å². The summed E-state index contributed by atoms with van der Waals surface area (Å²) in [5.41, 5.74) is 5.26. The van der Waals surface area contributed by atoms with E-state index in [1.807, 2.05) is 0 Å². The van der Waals surface area contributed by atoms with Crippen molar-refractivity contribution in [2.24, 2.45) is 17.1 Å². The number of carbonyl (C=O) groups is 2. The molecule has 0 aromatic rings. The van der Waals surface area contributed by atoms with Crippen LogP contribution in [0, 0.1) is 11.3 Å². The molecule has 1 fully saturated rings. The molecule has 1 saturated carbocycles. The maximum atomic E-state index is 12.5. The number of carboxylic acid groups (broad SMARTS) is 1. The van der Waals surface area contributed by atoms with E-state index in [1.165, 1.54) is 0 Å². The maximum absolute atomic E-state index is 12.5. The fraction of sp³-hybridized carbons (Fsp3) is 0.857. The van der Waals surface area contributed by atoms with Crippen LogP contribution in [0.15, 0.2) is 0 Å². The zero-order valence-electron chi connectivity index (χ0n) is 11.9. The van der Waals surface area contributed by atoms with Crippen LogP contribution in [0.5, 0.6) is 0 Å². The molecule has 5 nitrogen and oxygen atoms in total. The van der Waals surface area contributed by atoms with Gasteiger partial charge in [0.1, 0.15) is 6.04 Å². The number of amides is 1. The number of nitrogens with one attached hydrogen (secondary N) is 1. The zero-order valence-corrected chi connectivity index (χ0v) is 11.9. The molecule has 1 aliphatic rings. The third-order valence-corrected chi connectivity index (χ3v) is 4.15. The van der Waals surface area contributed by atoms with Gasteiger partial charge in [-0.3, -0.25) is 4.79 Å².